The van der Waals surface area contributed by atoms with Crippen molar-refractivity contribution in [1.29, 1.82) is 5.26 Å². The van der Waals surface area contributed by atoms with E-state index in [4.69, 9.17) is 16.3 Å². The molecule has 4 heterocycles. The maximum absolute atomic E-state index is 15.3. The summed E-state index contributed by atoms with van der Waals surface area (Å²) in [6.45, 7) is 1.60. The monoisotopic (exact) mass is 643 g/mol. The van der Waals surface area contributed by atoms with Gasteiger partial charge in [-0.05, 0) is 55.5 Å². The number of ether oxygens (including phenoxy) is 1. The highest BCUT2D eigenvalue weighted by molar-refractivity contribution is 7.18. The summed E-state index contributed by atoms with van der Waals surface area (Å²) in [4.78, 5) is 37.7. The molecule has 0 aliphatic rings. The fraction of sp³-hybridized carbons (Fsp3) is 0.125. The molecule has 0 amide bonds. The molecule has 1 N–H and O–H groups in total. The van der Waals surface area contributed by atoms with Gasteiger partial charge in [-0.1, -0.05) is 11.6 Å². The number of pyridine rings is 2. The molecule has 13 heteroatoms. The first kappa shape index (κ1) is 29.8. The van der Waals surface area contributed by atoms with Crippen molar-refractivity contribution in [3.63, 3.8) is 0 Å². The molecule has 6 rings (SSSR count). The summed E-state index contributed by atoms with van der Waals surface area (Å²) in [7, 11) is 0. The minimum Gasteiger partial charge on any atom is -0.491 e. The number of benzene rings is 2. The van der Waals surface area contributed by atoms with Crippen LogP contribution in [0.3, 0.4) is 0 Å². The highest BCUT2D eigenvalue weighted by Gasteiger charge is 2.35. The number of rotatable bonds is 8. The zero-order valence-corrected chi connectivity index (χ0v) is 24.9. The molecule has 0 saturated heterocycles. The third-order valence-corrected chi connectivity index (χ3v) is 8.50. The number of halogens is 3. The predicted molar refractivity (Wildman–Crippen MR) is 165 cm³/mol. The molecule has 0 fully saturated rings. The average molecular weight is 644 g/mol. The second-order valence-corrected chi connectivity index (χ2v) is 11.3. The van der Waals surface area contributed by atoms with Crippen molar-refractivity contribution in [1.82, 2.24) is 19.5 Å². The zero-order chi connectivity index (χ0) is 31.9. The van der Waals surface area contributed by atoms with E-state index in [1.165, 1.54) is 52.0 Å². The molecule has 45 heavy (non-hydrogen) atoms. The number of aromatic nitrogens is 4. The number of fused-ring (bicyclic) bond motifs is 2. The van der Waals surface area contributed by atoms with Crippen LogP contribution in [0.5, 0.6) is 5.75 Å². The molecule has 6 aromatic rings. The molecule has 2 aromatic carbocycles. The van der Waals surface area contributed by atoms with Gasteiger partial charge >= 0.3 is 5.97 Å². The SMILES string of the molecule is Cc1nc2cc(C(F)(F)c3ccncc3)cc(C#N)c2c(=O)n1CCOc1ccc(Cl)cc1-c1ccnc2c(C(=O)O)csc12. The van der Waals surface area contributed by atoms with E-state index in [0.29, 0.717) is 32.1 Å². The molecule has 0 unspecified atom stereocenters. The molecule has 224 valence electrons. The maximum Gasteiger partial charge on any atom is 0.338 e. The fourth-order valence-corrected chi connectivity index (χ4v) is 6.30. The van der Waals surface area contributed by atoms with Crippen LogP contribution in [0, 0.1) is 18.3 Å². The van der Waals surface area contributed by atoms with Gasteiger partial charge in [0.2, 0.25) is 0 Å². The normalized spacial score (nSPS) is 11.5. The summed E-state index contributed by atoms with van der Waals surface area (Å²) in [5.41, 5.74) is 0.129. The Morgan fingerprint density at radius 1 is 1.11 bits per heavy atom. The van der Waals surface area contributed by atoms with Crippen molar-refractivity contribution >= 4 is 50.0 Å². The van der Waals surface area contributed by atoms with Gasteiger partial charge in [0.15, 0.2) is 0 Å². The number of alkyl halides is 2. The van der Waals surface area contributed by atoms with Gasteiger partial charge in [0, 0.05) is 51.2 Å². The molecular weight excluding hydrogens is 624 g/mol. The van der Waals surface area contributed by atoms with Gasteiger partial charge < -0.3 is 9.84 Å². The summed E-state index contributed by atoms with van der Waals surface area (Å²) in [6.07, 6.45) is 4.01. The number of aryl methyl sites for hydroxylation is 1. The molecule has 9 nitrogen and oxygen atoms in total. The van der Waals surface area contributed by atoms with Crippen LogP contribution in [0.15, 0.2) is 77.3 Å². The van der Waals surface area contributed by atoms with Crippen LogP contribution in [0.25, 0.3) is 32.2 Å². The molecular formula is C32H20ClF2N5O4S. The van der Waals surface area contributed by atoms with Crippen LogP contribution in [0.2, 0.25) is 5.02 Å². The Bertz CT molecular complexity index is 2230. The summed E-state index contributed by atoms with van der Waals surface area (Å²) in [6, 6.07) is 13.1. The Kier molecular flexibility index (Phi) is 7.74. The topological polar surface area (TPSA) is 131 Å². The number of hydrogen-bond donors (Lipinski definition) is 1. The summed E-state index contributed by atoms with van der Waals surface area (Å²) < 4.78 is 38.7. The van der Waals surface area contributed by atoms with Crippen molar-refractivity contribution < 1.29 is 23.4 Å². The largest absolute Gasteiger partial charge is 0.491 e. The summed E-state index contributed by atoms with van der Waals surface area (Å²) in [5.74, 6) is -3.86. The standard InChI is InChI=1S/C32H20ClF2N5O4S/c1-17-39-25-13-20(32(34,35)19-4-7-37-8-5-19)12-18(15-36)27(25)30(41)40(17)10-11-44-26-3-2-21(33)14-23(26)22-6-9-38-28-24(31(42)43)16-45-29(22)28/h2-9,12-14,16H,10-11H2,1H3,(H,42,43). The van der Waals surface area contributed by atoms with Crippen LogP contribution in [0.4, 0.5) is 8.78 Å². The van der Waals surface area contributed by atoms with E-state index in [1.807, 2.05) is 6.07 Å². The molecule has 4 aromatic heterocycles. The van der Waals surface area contributed by atoms with Gasteiger partial charge in [-0.2, -0.15) is 14.0 Å². The van der Waals surface area contributed by atoms with Gasteiger partial charge in [-0.3, -0.25) is 19.3 Å². The van der Waals surface area contributed by atoms with Gasteiger partial charge in [-0.25, -0.2) is 9.78 Å². The molecule has 0 atom stereocenters. The lowest BCUT2D eigenvalue weighted by molar-refractivity contribution is 0.0428. The minimum atomic E-state index is -3.45. The number of carbonyl (C=O) groups is 1. The van der Waals surface area contributed by atoms with Crippen LogP contribution >= 0.6 is 22.9 Å². The first-order valence-corrected chi connectivity index (χ1v) is 14.6. The number of thiophene rings is 1. The van der Waals surface area contributed by atoms with E-state index in [2.05, 4.69) is 15.0 Å². The second kappa shape index (κ2) is 11.7. The third kappa shape index (κ3) is 5.37. The zero-order valence-electron chi connectivity index (χ0n) is 23.3. The predicted octanol–water partition coefficient (Wildman–Crippen LogP) is 6.82. The second-order valence-electron chi connectivity index (χ2n) is 9.94. The Morgan fingerprint density at radius 3 is 2.62 bits per heavy atom. The van der Waals surface area contributed by atoms with Gasteiger partial charge in [0.25, 0.3) is 11.5 Å². The van der Waals surface area contributed by atoms with E-state index in [1.54, 1.807) is 31.2 Å². The lowest BCUT2D eigenvalue weighted by Crippen LogP contribution is -2.27. The molecule has 0 saturated carbocycles. The lowest BCUT2D eigenvalue weighted by Gasteiger charge is -2.19. The van der Waals surface area contributed by atoms with Crippen molar-refractivity contribution in [2.75, 3.05) is 6.61 Å². The molecule has 0 radical (unpaired) electrons. The maximum atomic E-state index is 15.3. The number of carboxylic acid groups (broad SMARTS) is 1. The first-order chi connectivity index (χ1) is 21.6. The fourth-order valence-electron chi connectivity index (χ4n) is 5.10. The number of carboxylic acids is 1. The Balaban J connectivity index is 1.33. The molecule has 0 aliphatic heterocycles. The van der Waals surface area contributed by atoms with Crippen LogP contribution in [-0.2, 0) is 12.5 Å². The van der Waals surface area contributed by atoms with E-state index in [9.17, 15) is 20.0 Å². The molecule has 0 spiro atoms. The van der Waals surface area contributed by atoms with E-state index >= 15 is 8.78 Å². The highest BCUT2D eigenvalue weighted by atomic mass is 35.5. The number of aromatic carboxylic acids is 1. The van der Waals surface area contributed by atoms with Gasteiger partial charge in [0.1, 0.15) is 24.3 Å². The van der Waals surface area contributed by atoms with Crippen LogP contribution in [0.1, 0.15) is 32.9 Å². The van der Waals surface area contributed by atoms with E-state index < -0.39 is 23.0 Å². The van der Waals surface area contributed by atoms with E-state index in [0.717, 1.165) is 12.1 Å². The lowest BCUT2D eigenvalue weighted by atomic mass is 9.97. The number of hydrogen-bond acceptors (Lipinski definition) is 8. The van der Waals surface area contributed by atoms with Crippen molar-refractivity contribution in [3.05, 3.63) is 116 Å². The Labute approximate surface area is 262 Å². The molecule has 0 aliphatic carbocycles. The van der Waals surface area contributed by atoms with E-state index in [-0.39, 0.29) is 46.6 Å². The Hall–Kier alpha value is -5.25. The number of nitriles is 1. The quantitative estimate of drug-likeness (QED) is 0.191. The van der Waals surface area contributed by atoms with Gasteiger partial charge in [-0.15, -0.1) is 11.3 Å². The highest BCUT2D eigenvalue weighted by Crippen LogP contribution is 2.40. The van der Waals surface area contributed by atoms with Crippen molar-refractivity contribution in [3.8, 4) is 22.9 Å². The van der Waals surface area contributed by atoms with Gasteiger partial charge in [0.05, 0.1) is 38.8 Å². The number of nitrogens with zero attached hydrogens (tertiary/aromatic N) is 5. The first-order valence-electron chi connectivity index (χ1n) is 13.4. The smallest absolute Gasteiger partial charge is 0.338 e. The summed E-state index contributed by atoms with van der Waals surface area (Å²) in [5, 5.41) is 21.2. The van der Waals surface area contributed by atoms with Crippen LogP contribution in [-0.4, -0.2) is 37.2 Å². The average Bonchev–Trinajstić information content (AvgIpc) is 3.48. The molecule has 0 bridgehead atoms. The van der Waals surface area contributed by atoms with Crippen molar-refractivity contribution in [2.45, 2.75) is 19.4 Å². The van der Waals surface area contributed by atoms with Crippen molar-refractivity contribution in [2.24, 2.45) is 0 Å². The third-order valence-electron chi connectivity index (χ3n) is 7.26. The minimum absolute atomic E-state index is 0.00168. The Morgan fingerprint density at radius 2 is 1.89 bits per heavy atom. The summed E-state index contributed by atoms with van der Waals surface area (Å²) >= 11 is 7.55. The van der Waals surface area contributed by atoms with Crippen LogP contribution < -0.4 is 10.3 Å².